The van der Waals surface area contributed by atoms with Gasteiger partial charge in [-0.15, -0.1) is 11.3 Å². The van der Waals surface area contributed by atoms with Crippen molar-refractivity contribution in [1.82, 2.24) is 5.43 Å². The van der Waals surface area contributed by atoms with Crippen LogP contribution in [-0.2, 0) is 6.42 Å². The molecule has 1 aromatic carbocycles. The zero-order valence-corrected chi connectivity index (χ0v) is 13.3. The quantitative estimate of drug-likeness (QED) is 0.604. The van der Waals surface area contributed by atoms with Crippen LogP contribution in [0.25, 0.3) is 0 Å². The Balaban J connectivity index is 2.22. The Morgan fingerprint density at radius 2 is 2.11 bits per heavy atom. The number of benzene rings is 1. The van der Waals surface area contributed by atoms with Crippen LogP contribution in [0.5, 0.6) is 0 Å². The zero-order valence-electron chi connectivity index (χ0n) is 9.29. The van der Waals surface area contributed by atoms with Crippen molar-refractivity contribution in [3.63, 3.8) is 0 Å². The fraction of sp³-hybridized carbons (Fsp3) is 0.167. The first-order valence-electron chi connectivity index (χ1n) is 5.25. The van der Waals surface area contributed by atoms with E-state index in [1.54, 1.807) is 17.4 Å². The second kappa shape index (κ2) is 6.25. The summed E-state index contributed by atoms with van der Waals surface area (Å²) >= 11 is 8.53. The Morgan fingerprint density at radius 3 is 2.67 bits per heavy atom. The minimum atomic E-state index is -0.228. The van der Waals surface area contributed by atoms with Gasteiger partial charge in [0.25, 0.3) is 0 Å². The molecule has 0 amide bonds. The Kier molecular flexibility index (Phi) is 4.91. The smallest absolute Gasteiger partial charge is 0.123 e. The Morgan fingerprint density at radius 1 is 1.33 bits per heavy atom. The lowest BCUT2D eigenvalue weighted by Gasteiger charge is -2.15. The van der Waals surface area contributed by atoms with Gasteiger partial charge in [-0.05, 0) is 67.6 Å². The van der Waals surface area contributed by atoms with E-state index >= 15 is 0 Å². The monoisotopic (exact) mass is 392 g/mol. The van der Waals surface area contributed by atoms with Gasteiger partial charge < -0.3 is 0 Å². The third kappa shape index (κ3) is 3.39. The van der Waals surface area contributed by atoms with Crippen LogP contribution in [0.4, 0.5) is 4.39 Å². The van der Waals surface area contributed by atoms with E-state index in [9.17, 15) is 4.39 Å². The number of halogens is 3. The van der Waals surface area contributed by atoms with Gasteiger partial charge >= 0.3 is 0 Å². The standard InChI is InChI=1S/C12H11Br2FN2S/c13-11-6-9(12(14)18-11)10(17-16)5-7-2-1-3-8(15)4-7/h1-4,6,10,17H,5,16H2. The number of thiophene rings is 1. The molecule has 0 aliphatic carbocycles. The first-order valence-corrected chi connectivity index (χ1v) is 7.65. The van der Waals surface area contributed by atoms with Crippen LogP contribution in [0.1, 0.15) is 17.2 Å². The van der Waals surface area contributed by atoms with Gasteiger partial charge in [-0.1, -0.05) is 12.1 Å². The van der Waals surface area contributed by atoms with Gasteiger partial charge in [0.1, 0.15) is 5.82 Å². The average molecular weight is 394 g/mol. The van der Waals surface area contributed by atoms with Gasteiger partial charge in [0.15, 0.2) is 0 Å². The molecule has 1 unspecified atom stereocenters. The van der Waals surface area contributed by atoms with Crippen molar-refractivity contribution in [3.05, 3.63) is 54.8 Å². The number of hydrazine groups is 1. The first-order chi connectivity index (χ1) is 8.60. The third-order valence-corrected chi connectivity index (χ3v) is 4.97. The van der Waals surface area contributed by atoms with Crippen molar-refractivity contribution >= 4 is 43.2 Å². The van der Waals surface area contributed by atoms with Crippen LogP contribution in [0, 0.1) is 5.82 Å². The van der Waals surface area contributed by atoms with Gasteiger partial charge in [0, 0.05) is 0 Å². The lowest BCUT2D eigenvalue weighted by molar-refractivity contribution is 0.548. The summed E-state index contributed by atoms with van der Waals surface area (Å²) in [6.45, 7) is 0. The molecule has 1 aromatic heterocycles. The molecule has 0 bridgehead atoms. The van der Waals surface area contributed by atoms with E-state index in [2.05, 4.69) is 37.3 Å². The maximum Gasteiger partial charge on any atom is 0.123 e. The zero-order chi connectivity index (χ0) is 13.1. The molecule has 2 aromatic rings. The summed E-state index contributed by atoms with van der Waals surface area (Å²) in [4.78, 5) is 0. The van der Waals surface area contributed by atoms with Crippen molar-refractivity contribution < 1.29 is 4.39 Å². The lowest BCUT2D eigenvalue weighted by Crippen LogP contribution is -2.29. The molecule has 1 atom stereocenters. The molecule has 2 rings (SSSR count). The van der Waals surface area contributed by atoms with Gasteiger partial charge in [-0.3, -0.25) is 11.3 Å². The van der Waals surface area contributed by atoms with Crippen LogP contribution in [0.15, 0.2) is 37.9 Å². The Labute approximate surface area is 126 Å². The predicted molar refractivity (Wildman–Crippen MR) is 79.9 cm³/mol. The summed E-state index contributed by atoms with van der Waals surface area (Å²) < 4.78 is 15.2. The largest absolute Gasteiger partial charge is 0.271 e. The van der Waals surface area contributed by atoms with Crippen LogP contribution in [-0.4, -0.2) is 0 Å². The third-order valence-electron chi connectivity index (χ3n) is 2.59. The van der Waals surface area contributed by atoms with Crippen molar-refractivity contribution in [2.45, 2.75) is 12.5 Å². The molecule has 1 heterocycles. The molecular weight excluding hydrogens is 383 g/mol. The number of nitrogens with one attached hydrogen (secondary N) is 1. The SMILES string of the molecule is NNC(Cc1cccc(F)c1)c1cc(Br)sc1Br. The first kappa shape index (κ1) is 14.1. The molecule has 0 spiro atoms. The van der Waals surface area contributed by atoms with E-state index in [0.717, 1.165) is 18.7 Å². The molecule has 0 saturated carbocycles. The van der Waals surface area contributed by atoms with Gasteiger partial charge in [0.05, 0.1) is 13.6 Å². The fourth-order valence-corrected chi connectivity index (χ4v) is 4.72. The summed E-state index contributed by atoms with van der Waals surface area (Å²) in [7, 11) is 0. The minimum Gasteiger partial charge on any atom is -0.271 e. The highest BCUT2D eigenvalue weighted by Gasteiger charge is 2.16. The van der Waals surface area contributed by atoms with E-state index in [0.29, 0.717) is 6.42 Å². The van der Waals surface area contributed by atoms with Crippen molar-refractivity contribution in [3.8, 4) is 0 Å². The van der Waals surface area contributed by atoms with E-state index in [1.807, 2.05) is 12.1 Å². The van der Waals surface area contributed by atoms with E-state index in [4.69, 9.17) is 5.84 Å². The Hall–Kier alpha value is -0.270. The summed E-state index contributed by atoms with van der Waals surface area (Å²) in [6.07, 6.45) is 0.635. The summed E-state index contributed by atoms with van der Waals surface area (Å²) in [5, 5.41) is 0. The van der Waals surface area contributed by atoms with Crippen molar-refractivity contribution in [1.29, 1.82) is 0 Å². The summed E-state index contributed by atoms with van der Waals surface area (Å²) in [5.74, 6) is 5.37. The molecule has 0 saturated heterocycles. The molecule has 0 aliphatic rings. The number of rotatable bonds is 4. The van der Waals surface area contributed by atoms with E-state index in [1.165, 1.54) is 12.1 Å². The van der Waals surface area contributed by atoms with Crippen LogP contribution in [0.3, 0.4) is 0 Å². The van der Waals surface area contributed by atoms with Crippen LogP contribution >= 0.6 is 43.2 Å². The Bertz CT molecular complexity index is 545. The molecule has 2 nitrogen and oxygen atoms in total. The molecule has 3 N–H and O–H groups in total. The second-order valence-corrected chi connectivity index (χ2v) is 7.58. The molecule has 0 radical (unpaired) electrons. The molecular formula is C12H11Br2FN2S. The average Bonchev–Trinajstić information content (AvgIpc) is 2.65. The number of hydrogen-bond donors (Lipinski definition) is 2. The van der Waals surface area contributed by atoms with E-state index in [-0.39, 0.29) is 11.9 Å². The second-order valence-electron chi connectivity index (χ2n) is 3.83. The molecule has 0 fully saturated rings. The summed E-state index contributed by atoms with van der Waals surface area (Å²) in [5.41, 5.74) is 4.75. The molecule has 96 valence electrons. The van der Waals surface area contributed by atoms with Crippen LogP contribution in [0.2, 0.25) is 0 Å². The number of hydrogen-bond acceptors (Lipinski definition) is 3. The fourth-order valence-electron chi connectivity index (χ4n) is 1.75. The predicted octanol–water partition coefficient (Wildman–Crippen LogP) is 4.16. The van der Waals surface area contributed by atoms with Gasteiger partial charge in [-0.2, -0.15) is 0 Å². The highest BCUT2D eigenvalue weighted by molar-refractivity contribution is 9.12. The normalized spacial score (nSPS) is 12.7. The highest BCUT2D eigenvalue weighted by Crippen LogP contribution is 2.36. The maximum atomic E-state index is 13.1. The van der Waals surface area contributed by atoms with Crippen molar-refractivity contribution in [2.75, 3.05) is 0 Å². The van der Waals surface area contributed by atoms with E-state index < -0.39 is 0 Å². The summed E-state index contributed by atoms with van der Waals surface area (Å²) in [6, 6.07) is 8.52. The van der Waals surface area contributed by atoms with Gasteiger partial charge in [0.2, 0.25) is 0 Å². The topological polar surface area (TPSA) is 38.0 Å². The van der Waals surface area contributed by atoms with Crippen LogP contribution < -0.4 is 11.3 Å². The molecule has 0 aliphatic heterocycles. The lowest BCUT2D eigenvalue weighted by atomic mass is 10.0. The van der Waals surface area contributed by atoms with Crippen molar-refractivity contribution in [2.24, 2.45) is 5.84 Å². The molecule has 18 heavy (non-hydrogen) atoms. The number of nitrogens with two attached hydrogens (primary N) is 1. The molecule has 6 heteroatoms. The highest BCUT2D eigenvalue weighted by atomic mass is 79.9. The van der Waals surface area contributed by atoms with Gasteiger partial charge in [-0.25, -0.2) is 4.39 Å². The maximum absolute atomic E-state index is 13.1. The minimum absolute atomic E-state index is 0.0521.